The normalized spacial score (nSPS) is 9.54. The van der Waals surface area contributed by atoms with Crippen LogP contribution < -0.4 is 0 Å². The summed E-state index contributed by atoms with van der Waals surface area (Å²) in [5.74, 6) is -0.301. The fraction of sp³-hybridized carbons (Fsp3) is 0. The zero-order valence-electron chi connectivity index (χ0n) is 5.77. The SMILES string of the molecule is On1nnnc1-c1nnnn1O.[Cu]. The maximum Gasteiger partial charge on any atom is 0.264 e. The number of nitrogens with zero attached hydrogens (tertiary/aromatic N) is 8. The Bertz CT molecular complexity index is 356. The van der Waals surface area contributed by atoms with Crippen LogP contribution in [0.3, 0.4) is 0 Å². The van der Waals surface area contributed by atoms with E-state index in [9.17, 15) is 0 Å². The van der Waals surface area contributed by atoms with Crippen molar-refractivity contribution in [2.75, 3.05) is 0 Å². The summed E-state index contributed by atoms with van der Waals surface area (Å²) in [7, 11) is 0. The molecule has 10 nitrogen and oxygen atoms in total. The topological polar surface area (TPSA) is 128 Å². The Kier molecular flexibility index (Phi) is 2.39. The van der Waals surface area contributed by atoms with Crippen LogP contribution in [0.15, 0.2) is 0 Å². The van der Waals surface area contributed by atoms with E-state index in [2.05, 4.69) is 31.1 Å². The largest absolute Gasteiger partial charge is 0.409 e. The molecule has 0 aliphatic heterocycles. The first-order valence-electron chi connectivity index (χ1n) is 2.74. The third-order valence-corrected chi connectivity index (χ3v) is 1.11. The van der Waals surface area contributed by atoms with Crippen molar-refractivity contribution in [1.29, 1.82) is 0 Å². The zero-order valence-corrected chi connectivity index (χ0v) is 6.72. The van der Waals surface area contributed by atoms with Gasteiger partial charge >= 0.3 is 0 Å². The van der Waals surface area contributed by atoms with Crippen molar-refractivity contribution in [3.63, 3.8) is 0 Å². The van der Waals surface area contributed by atoms with Crippen LogP contribution in [0, 0.1) is 0 Å². The van der Waals surface area contributed by atoms with Crippen LogP contribution in [0.1, 0.15) is 0 Å². The maximum absolute atomic E-state index is 8.91. The third kappa shape index (κ3) is 1.41. The fourth-order valence-electron chi connectivity index (χ4n) is 0.634. The number of tetrazole rings is 2. The zero-order chi connectivity index (χ0) is 8.55. The van der Waals surface area contributed by atoms with E-state index in [1.165, 1.54) is 0 Å². The van der Waals surface area contributed by atoms with Crippen LogP contribution in [0.25, 0.3) is 11.6 Å². The molecule has 0 aliphatic rings. The van der Waals surface area contributed by atoms with Crippen LogP contribution in [-0.2, 0) is 17.1 Å². The predicted octanol–water partition coefficient (Wildman–Crippen LogP) is -2.20. The van der Waals surface area contributed by atoms with Crippen molar-refractivity contribution in [1.82, 2.24) is 40.7 Å². The summed E-state index contributed by atoms with van der Waals surface area (Å²) in [6, 6.07) is 0. The van der Waals surface area contributed by atoms with E-state index >= 15 is 0 Å². The molecule has 2 aromatic rings. The van der Waals surface area contributed by atoms with Gasteiger partial charge in [0.05, 0.1) is 0 Å². The fourth-order valence-corrected chi connectivity index (χ4v) is 0.634. The van der Waals surface area contributed by atoms with Gasteiger partial charge in [0, 0.05) is 17.1 Å². The Morgan fingerprint density at radius 1 is 0.846 bits per heavy atom. The summed E-state index contributed by atoms with van der Waals surface area (Å²) >= 11 is 0. The molecule has 2 heterocycles. The summed E-state index contributed by atoms with van der Waals surface area (Å²) in [5, 5.41) is 36.9. The first kappa shape index (κ1) is 9.35. The molecular weight excluding hydrogens is 232 g/mol. The minimum atomic E-state index is -0.150. The third-order valence-electron chi connectivity index (χ3n) is 1.11. The van der Waals surface area contributed by atoms with E-state index < -0.39 is 0 Å². The molecule has 0 saturated heterocycles. The second kappa shape index (κ2) is 3.33. The first-order valence-corrected chi connectivity index (χ1v) is 2.74. The van der Waals surface area contributed by atoms with Crippen molar-refractivity contribution in [3.05, 3.63) is 0 Å². The standard InChI is InChI=1S/C2H2N8O2.Cu/c11-9-1(3-5-7-9)2-4-6-8-10(2)12;/h11-12H;. The molecule has 2 aromatic heterocycles. The monoisotopic (exact) mass is 233 g/mol. The van der Waals surface area contributed by atoms with Gasteiger partial charge in [0.25, 0.3) is 11.6 Å². The minimum absolute atomic E-state index is 0. The van der Waals surface area contributed by atoms with Crippen LogP contribution in [-0.4, -0.2) is 51.2 Å². The molecule has 0 atom stereocenters. The molecular formula is C2H2CuN8O2. The molecule has 73 valence electrons. The Morgan fingerprint density at radius 3 is 1.46 bits per heavy atom. The molecule has 2 rings (SSSR count). The van der Waals surface area contributed by atoms with Crippen LogP contribution >= 0.6 is 0 Å². The molecule has 0 spiro atoms. The van der Waals surface area contributed by atoms with Crippen LogP contribution in [0.5, 0.6) is 0 Å². The molecule has 0 bridgehead atoms. The van der Waals surface area contributed by atoms with Crippen LogP contribution in [0.4, 0.5) is 0 Å². The molecule has 0 unspecified atom stereocenters. The number of hydrogen-bond acceptors (Lipinski definition) is 8. The second-order valence-electron chi connectivity index (χ2n) is 1.78. The number of hydrogen-bond donors (Lipinski definition) is 2. The molecule has 2 N–H and O–H groups in total. The van der Waals surface area contributed by atoms with Crippen molar-refractivity contribution in [3.8, 4) is 11.6 Å². The van der Waals surface area contributed by atoms with E-state index in [-0.39, 0.29) is 28.7 Å². The van der Waals surface area contributed by atoms with Gasteiger partial charge in [0.15, 0.2) is 0 Å². The summed E-state index contributed by atoms with van der Waals surface area (Å²) < 4.78 is 0. The number of aromatic nitrogens is 8. The molecule has 1 radical (unpaired) electrons. The van der Waals surface area contributed by atoms with Crippen molar-refractivity contribution < 1.29 is 27.5 Å². The van der Waals surface area contributed by atoms with Crippen molar-refractivity contribution in [2.45, 2.75) is 0 Å². The van der Waals surface area contributed by atoms with Gasteiger partial charge in [0.1, 0.15) is 0 Å². The summed E-state index contributed by atoms with van der Waals surface area (Å²) in [6.07, 6.45) is 0. The Balaban J connectivity index is 0.000000845. The van der Waals surface area contributed by atoms with Gasteiger partial charge in [-0.05, 0) is 20.9 Å². The van der Waals surface area contributed by atoms with Gasteiger partial charge in [0.2, 0.25) is 0 Å². The van der Waals surface area contributed by atoms with Crippen LogP contribution in [0.2, 0.25) is 0 Å². The van der Waals surface area contributed by atoms with Gasteiger partial charge in [-0.15, -0.1) is 10.2 Å². The molecule has 11 heteroatoms. The Labute approximate surface area is 80.5 Å². The van der Waals surface area contributed by atoms with Gasteiger partial charge in [-0.1, -0.05) is 9.69 Å². The Hall–Kier alpha value is -1.74. The first-order chi connectivity index (χ1) is 5.79. The minimum Gasteiger partial charge on any atom is -0.409 e. The molecule has 0 aromatic carbocycles. The summed E-state index contributed by atoms with van der Waals surface area (Å²) in [5.41, 5.74) is 0. The predicted molar refractivity (Wildman–Crippen MR) is 29.0 cm³/mol. The van der Waals surface area contributed by atoms with Gasteiger partial charge in [-0.3, -0.25) is 0 Å². The maximum atomic E-state index is 8.91. The van der Waals surface area contributed by atoms with E-state index in [1.807, 2.05) is 0 Å². The molecule has 0 aliphatic carbocycles. The second-order valence-corrected chi connectivity index (χ2v) is 1.78. The molecule has 0 fully saturated rings. The molecule has 0 amide bonds. The van der Waals surface area contributed by atoms with E-state index in [0.717, 1.165) is 0 Å². The quantitative estimate of drug-likeness (QED) is 0.419. The van der Waals surface area contributed by atoms with E-state index in [0.29, 0.717) is 9.69 Å². The smallest absolute Gasteiger partial charge is 0.264 e. The van der Waals surface area contributed by atoms with Gasteiger partial charge in [-0.2, -0.15) is 0 Å². The van der Waals surface area contributed by atoms with Gasteiger partial charge < -0.3 is 10.4 Å². The summed E-state index contributed by atoms with van der Waals surface area (Å²) in [6.45, 7) is 0. The summed E-state index contributed by atoms with van der Waals surface area (Å²) in [4.78, 5) is 0.691. The average Bonchev–Trinajstić information content (AvgIpc) is 2.59. The van der Waals surface area contributed by atoms with Gasteiger partial charge in [-0.25, -0.2) is 0 Å². The number of rotatable bonds is 1. The Morgan fingerprint density at radius 2 is 1.23 bits per heavy atom. The van der Waals surface area contributed by atoms with Crippen molar-refractivity contribution in [2.24, 2.45) is 0 Å². The van der Waals surface area contributed by atoms with E-state index in [4.69, 9.17) is 10.4 Å². The molecule has 0 saturated carbocycles. The molecule has 13 heavy (non-hydrogen) atoms. The van der Waals surface area contributed by atoms with E-state index in [1.54, 1.807) is 0 Å². The van der Waals surface area contributed by atoms with Crippen molar-refractivity contribution >= 4 is 0 Å². The average molecular weight is 234 g/mol.